The third-order valence-electron chi connectivity index (χ3n) is 4.96. The molecule has 1 aliphatic rings. The van der Waals surface area contributed by atoms with E-state index in [4.69, 9.17) is 0 Å². The van der Waals surface area contributed by atoms with Gasteiger partial charge in [0.15, 0.2) is 0 Å². The Morgan fingerprint density at radius 2 is 1.57 bits per heavy atom. The predicted octanol–water partition coefficient (Wildman–Crippen LogP) is 3.06. The van der Waals surface area contributed by atoms with E-state index in [-0.39, 0.29) is 11.8 Å². The molecule has 1 aliphatic heterocycles. The molecule has 0 radical (unpaired) electrons. The summed E-state index contributed by atoms with van der Waals surface area (Å²) >= 11 is 0. The van der Waals surface area contributed by atoms with Crippen LogP contribution in [0.15, 0.2) is 55.1 Å². The van der Waals surface area contributed by atoms with Crippen LogP contribution in [0.2, 0.25) is 0 Å². The van der Waals surface area contributed by atoms with E-state index >= 15 is 0 Å². The second kappa shape index (κ2) is 7.64. The molecule has 28 heavy (non-hydrogen) atoms. The topological polar surface area (TPSA) is 80.1 Å². The summed E-state index contributed by atoms with van der Waals surface area (Å²) in [5.74, 6) is -0.139. The summed E-state index contributed by atoms with van der Waals surface area (Å²) < 4.78 is 1.77. The summed E-state index contributed by atoms with van der Waals surface area (Å²) in [6.45, 7) is 3.54. The number of benzene rings is 2. The third-order valence-corrected chi connectivity index (χ3v) is 4.96. The molecule has 4 rings (SSSR count). The van der Waals surface area contributed by atoms with Gasteiger partial charge in [-0.05, 0) is 67.8 Å². The molecule has 0 aliphatic carbocycles. The quantitative estimate of drug-likeness (QED) is 0.760. The van der Waals surface area contributed by atoms with Crippen molar-refractivity contribution in [3.63, 3.8) is 0 Å². The number of hydrogen-bond donors (Lipinski definition) is 1. The van der Waals surface area contributed by atoms with Crippen LogP contribution < -0.4 is 5.32 Å². The molecule has 2 amide bonds. The Hall–Kier alpha value is -3.48. The first-order valence-corrected chi connectivity index (χ1v) is 9.28. The van der Waals surface area contributed by atoms with Crippen LogP contribution in [0.25, 0.3) is 5.69 Å². The number of carbonyl (C=O) groups excluding carboxylic acids is 2. The second-order valence-corrected chi connectivity index (χ2v) is 6.90. The van der Waals surface area contributed by atoms with Crippen LogP contribution in [0.5, 0.6) is 0 Å². The van der Waals surface area contributed by atoms with Crippen LogP contribution in [-0.4, -0.2) is 44.6 Å². The zero-order valence-corrected chi connectivity index (χ0v) is 15.6. The van der Waals surface area contributed by atoms with Crippen LogP contribution in [-0.2, 0) is 0 Å². The molecule has 0 unspecified atom stereocenters. The van der Waals surface area contributed by atoms with Gasteiger partial charge in [0.25, 0.3) is 11.8 Å². The molecule has 0 bridgehead atoms. The summed E-state index contributed by atoms with van der Waals surface area (Å²) in [5, 5.41) is 10.5. The van der Waals surface area contributed by atoms with Crippen LogP contribution in [0, 0.1) is 6.92 Å². The van der Waals surface area contributed by atoms with Crippen LogP contribution in [0.4, 0.5) is 5.69 Å². The van der Waals surface area contributed by atoms with E-state index < -0.39 is 0 Å². The normalized spacial score (nSPS) is 13.5. The fourth-order valence-corrected chi connectivity index (χ4v) is 3.35. The van der Waals surface area contributed by atoms with E-state index in [1.807, 2.05) is 30.0 Å². The molecule has 1 fully saturated rings. The van der Waals surface area contributed by atoms with Gasteiger partial charge in [-0.2, -0.15) is 0 Å². The minimum Gasteiger partial charge on any atom is -0.339 e. The largest absolute Gasteiger partial charge is 0.339 e. The number of carbonyl (C=O) groups is 2. The molecule has 7 nitrogen and oxygen atoms in total. The molecule has 1 saturated heterocycles. The molecule has 3 aromatic rings. The minimum atomic E-state index is -0.197. The molecule has 142 valence electrons. The molecular formula is C21H21N5O2. The number of amides is 2. The lowest BCUT2D eigenvalue weighted by Gasteiger charge is -2.16. The highest BCUT2D eigenvalue weighted by Gasteiger charge is 2.20. The van der Waals surface area contributed by atoms with Gasteiger partial charge in [0.2, 0.25) is 0 Å². The average Bonchev–Trinajstić information content (AvgIpc) is 3.43. The van der Waals surface area contributed by atoms with E-state index in [2.05, 4.69) is 15.5 Å². The summed E-state index contributed by atoms with van der Waals surface area (Å²) in [6.07, 6.45) is 5.33. The van der Waals surface area contributed by atoms with Gasteiger partial charge in [0.05, 0.1) is 0 Å². The number of anilines is 1. The number of aryl methyl sites for hydroxylation is 1. The fraction of sp³-hybridized carbons (Fsp3) is 0.238. The summed E-state index contributed by atoms with van der Waals surface area (Å²) in [6, 6.07) is 12.6. The maximum atomic E-state index is 12.6. The number of hydrogen-bond acceptors (Lipinski definition) is 4. The summed E-state index contributed by atoms with van der Waals surface area (Å²) in [4.78, 5) is 27.0. The third kappa shape index (κ3) is 3.64. The zero-order valence-electron chi connectivity index (χ0n) is 15.6. The first-order valence-electron chi connectivity index (χ1n) is 9.28. The number of aromatic nitrogens is 3. The number of nitrogens with zero attached hydrogens (tertiary/aromatic N) is 4. The van der Waals surface area contributed by atoms with Crippen molar-refractivity contribution in [2.75, 3.05) is 18.4 Å². The monoisotopic (exact) mass is 375 g/mol. The Kier molecular flexibility index (Phi) is 4.89. The van der Waals surface area contributed by atoms with Gasteiger partial charge in [-0.3, -0.25) is 14.2 Å². The van der Waals surface area contributed by atoms with Crippen molar-refractivity contribution in [2.45, 2.75) is 19.8 Å². The standard InChI is InChI=1S/C21H21N5O2/c1-15-12-17(21(28)25-10-2-3-11-25)6-9-19(15)24-20(27)16-4-7-18(8-5-16)26-13-22-23-14-26/h4-9,12-14H,2-3,10-11H2,1H3,(H,24,27). The smallest absolute Gasteiger partial charge is 0.255 e. The molecule has 2 heterocycles. The second-order valence-electron chi connectivity index (χ2n) is 6.90. The predicted molar refractivity (Wildman–Crippen MR) is 106 cm³/mol. The van der Waals surface area contributed by atoms with Gasteiger partial charge in [0.1, 0.15) is 12.7 Å². The van der Waals surface area contributed by atoms with Crippen molar-refractivity contribution in [3.8, 4) is 5.69 Å². The van der Waals surface area contributed by atoms with Gasteiger partial charge in [-0.15, -0.1) is 10.2 Å². The van der Waals surface area contributed by atoms with Crippen molar-refractivity contribution in [3.05, 3.63) is 71.8 Å². The maximum absolute atomic E-state index is 12.6. The zero-order chi connectivity index (χ0) is 19.5. The van der Waals surface area contributed by atoms with Gasteiger partial charge in [-0.1, -0.05) is 0 Å². The van der Waals surface area contributed by atoms with Crippen molar-refractivity contribution in [1.82, 2.24) is 19.7 Å². The van der Waals surface area contributed by atoms with Crippen molar-refractivity contribution >= 4 is 17.5 Å². The van der Waals surface area contributed by atoms with Crippen LogP contribution in [0.1, 0.15) is 39.1 Å². The van der Waals surface area contributed by atoms with Gasteiger partial charge < -0.3 is 10.2 Å². The van der Waals surface area contributed by atoms with E-state index in [1.54, 1.807) is 41.5 Å². The van der Waals surface area contributed by atoms with E-state index in [1.165, 1.54) is 0 Å². The van der Waals surface area contributed by atoms with Gasteiger partial charge >= 0.3 is 0 Å². The molecule has 2 aromatic carbocycles. The maximum Gasteiger partial charge on any atom is 0.255 e. The van der Waals surface area contributed by atoms with Crippen LogP contribution >= 0.6 is 0 Å². The summed E-state index contributed by atoms with van der Waals surface area (Å²) in [5.41, 5.74) is 3.65. The molecular weight excluding hydrogens is 354 g/mol. The molecule has 0 saturated carbocycles. The average molecular weight is 375 g/mol. The Labute approximate surface area is 163 Å². The van der Waals surface area contributed by atoms with Crippen molar-refractivity contribution in [2.24, 2.45) is 0 Å². The summed E-state index contributed by atoms with van der Waals surface area (Å²) in [7, 11) is 0. The van der Waals surface area contributed by atoms with Crippen molar-refractivity contribution < 1.29 is 9.59 Å². The first-order chi connectivity index (χ1) is 13.6. The number of likely N-dealkylation sites (tertiary alicyclic amines) is 1. The van der Waals surface area contributed by atoms with E-state index in [0.717, 1.165) is 37.2 Å². The van der Waals surface area contributed by atoms with E-state index in [0.29, 0.717) is 16.8 Å². The number of nitrogens with one attached hydrogen (secondary N) is 1. The van der Waals surface area contributed by atoms with Gasteiger partial charge in [-0.25, -0.2) is 0 Å². The number of rotatable bonds is 4. The molecule has 1 aromatic heterocycles. The fourth-order valence-electron chi connectivity index (χ4n) is 3.35. The SMILES string of the molecule is Cc1cc(C(=O)N2CCCC2)ccc1NC(=O)c1ccc(-n2cnnc2)cc1. The highest BCUT2D eigenvalue weighted by molar-refractivity contribution is 6.05. The van der Waals surface area contributed by atoms with Crippen molar-refractivity contribution in [1.29, 1.82) is 0 Å². The molecule has 1 N–H and O–H groups in total. The minimum absolute atomic E-state index is 0.0584. The lowest BCUT2D eigenvalue weighted by molar-refractivity contribution is 0.0792. The van der Waals surface area contributed by atoms with E-state index in [9.17, 15) is 9.59 Å². The molecule has 7 heteroatoms. The lowest BCUT2D eigenvalue weighted by atomic mass is 10.1. The highest BCUT2D eigenvalue weighted by Crippen LogP contribution is 2.20. The molecule has 0 spiro atoms. The van der Waals surface area contributed by atoms with Gasteiger partial charge in [0, 0.05) is 35.6 Å². The Morgan fingerprint density at radius 3 is 2.21 bits per heavy atom. The van der Waals surface area contributed by atoms with Crippen LogP contribution in [0.3, 0.4) is 0 Å². The lowest BCUT2D eigenvalue weighted by Crippen LogP contribution is -2.27. The Morgan fingerprint density at radius 1 is 0.929 bits per heavy atom. The highest BCUT2D eigenvalue weighted by atomic mass is 16.2. The first kappa shape index (κ1) is 17.9. The molecule has 0 atom stereocenters. The Bertz CT molecular complexity index is 990. The Balaban J connectivity index is 1.46.